The molecule has 1 aromatic rings. The highest BCUT2D eigenvalue weighted by atomic mass is 16.6. The second-order valence-electron chi connectivity index (χ2n) is 8.55. The van der Waals surface area contributed by atoms with Crippen molar-refractivity contribution in [2.45, 2.75) is 58.0 Å². The third-order valence-electron chi connectivity index (χ3n) is 5.94. The molecule has 0 saturated heterocycles. The highest BCUT2D eigenvalue weighted by Crippen LogP contribution is 2.66. The van der Waals surface area contributed by atoms with Gasteiger partial charge in [0.15, 0.2) is 0 Å². The van der Waals surface area contributed by atoms with E-state index in [4.69, 9.17) is 4.74 Å². The number of esters is 1. The molecule has 3 aliphatic rings. The number of benzene rings is 1. The first-order valence-corrected chi connectivity index (χ1v) is 8.84. The molecule has 0 amide bonds. The Morgan fingerprint density at radius 1 is 1.17 bits per heavy atom. The van der Waals surface area contributed by atoms with E-state index in [-0.39, 0.29) is 5.97 Å². The largest absolute Gasteiger partial charge is 0.460 e. The Morgan fingerprint density at radius 3 is 2.48 bits per heavy atom. The lowest BCUT2D eigenvalue weighted by Crippen LogP contribution is -2.28. The molecule has 0 spiro atoms. The standard InChI is InChI=1S/C21H26O2/c1-12-9-13(10-18(22)23-21(2,3)4)20-17-11-16(19(12)20)14-7-5-6-8-15(14)17/h5-9,13,16-17,19-20H,10-11H2,1-4H3/t13-,16-,17+,19-,20+/m0/s1. The van der Waals surface area contributed by atoms with Gasteiger partial charge in [0.2, 0.25) is 0 Å². The summed E-state index contributed by atoms with van der Waals surface area (Å²) in [6, 6.07) is 8.94. The summed E-state index contributed by atoms with van der Waals surface area (Å²) in [4.78, 5) is 12.3. The Bertz CT molecular complexity index is 679. The van der Waals surface area contributed by atoms with Crippen LogP contribution in [-0.4, -0.2) is 11.6 Å². The summed E-state index contributed by atoms with van der Waals surface area (Å²) < 4.78 is 5.56. The summed E-state index contributed by atoms with van der Waals surface area (Å²) in [6.45, 7) is 8.09. The normalized spacial score (nSPS) is 34.1. The number of hydrogen-bond acceptors (Lipinski definition) is 2. The van der Waals surface area contributed by atoms with Gasteiger partial charge >= 0.3 is 5.97 Å². The van der Waals surface area contributed by atoms with E-state index in [9.17, 15) is 4.79 Å². The summed E-state index contributed by atoms with van der Waals surface area (Å²) in [7, 11) is 0. The Kier molecular flexibility index (Phi) is 3.23. The number of allylic oxidation sites excluding steroid dienone is 2. The topological polar surface area (TPSA) is 26.3 Å². The van der Waals surface area contributed by atoms with Gasteiger partial charge in [0.1, 0.15) is 5.60 Å². The van der Waals surface area contributed by atoms with Crippen LogP contribution in [-0.2, 0) is 9.53 Å². The fraction of sp³-hybridized carbons (Fsp3) is 0.571. The third-order valence-corrected chi connectivity index (χ3v) is 5.94. The molecule has 0 aliphatic heterocycles. The molecule has 1 saturated carbocycles. The Morgan fingerprint density at radius 2 is 1.83 bits per heavy atom. The zero-order valence-electron chi connectivity index (χ0n) is 14.5. The van der Waals surface area contributed by atoms with Crippen molar-refractivity contribution in [2.24, 2.45) is 17.8 Å². The van der Waals surface area contributed by atoms with Crippen LogP contribution >= 0.6 is 0 Å². The van der Waals surface area contributed by atoms with E-state index in [0.29, 0.717) is 36.0 Å². The van der Waals surface area contributed by atoms with Crippen molar-refractivity contribution in [1.29, 1.82) is 0 Å². The molecule has 0 heterocycles. The van der Waals surface area contributed by atoms with Crippen molar-refractivity contribution in [2.75, 3.05) is 0 Å². The molecule has 0 N–H and O–H groups in total. The van der Waals surface area contributed by atoms with Gasteiger partial charge < -0.3 is 4.74 Å². The Labute approximate surface area is 138 Å². The molecular formula is C21H26O2. The second-order valence-corrected chi connectivity index (χ2v) is 8.55. The molecule has 0 aromatic heterocycles. The monoisotopic (exact) mass is 310 g/mol. The van der Waals surface area contributed by atoms with Gasteiger partial charge in [-0.3, -0.25) is 4.79 Å². The average Bonchev–Trinajstić information content (AvgIpc) is 3.08. The molecule has 4 rings (SSSR count). The van der Waals surface area contributed by atoms with Crippen LogP contribution in [0.15, 0.2) is 35.9 Å². The molecule has 2 nitrogen and oxygen atoms in total. The van der Waals surface area contributed by atoms with Crippen molar-refractivity contribution in [3.05, 3.63) is 47.0 Å². The first-order valence-electron chi connectivity index (χ1n) is 8.84. The van der Waals surface area contributed by atoms with Crippen LogP contribution in [0.3, 0.4) is 0 Å². The van der Waals surface area contributed by atoms with Gasteiger partial charge in [0.25, 0.3) is 0 Å². The maximum atomic E-state index is 12.3. The lowest BCUT2D eigenvalue weighted by molar-refractivity contribution is -0.156. The number of hydrogen-bond donors (Lipinski definition) is 0. The Hall–Kier alpha value is -1.57. The van der Waals surface area contributed by atoms with Crippen LogP contribution in [0.1, 0.15) is 63.5 Å². The van der Waals surface area contributed by atoms with E-state index < -0.39 is 5.60 Å². The zero-order chi connectivity index (χ0) is 16.4. The van der Waals surface area contributed by atoms with Crippen LogP contribution in [0.5, 0.6) is 0 Å². The molecule has 1 aromatic carbocycles. The summed E-state index contributed by atoms with van der Waals surface area (Å²) >= 11 is 0. The maximum absolute atomic E-state index is 12.3. The number of rotatable bonds is 2. The van der Waals surface area contributed by atoms with E-state index in [2.05, 4.69) is 37.3 Å². The molecule has 1 fully saturated rings. The molecule has 2 heteroatoms. The van der Waals surface area contributed by atoms with Crippen molar-refractivity contribution < 1.29 is 9.53 Å². The first-order chi connectivity index (χ1) is 10.8. The summed E-state index contributed by atoms with van der Waals surface area (Å²) in [5, 5.41) is 0. The number of ether oxygens (including phenoxy) is 1. The van der Waals surface area contributed by atoms with Crippen LogP contribution in [0.25, 0.3) is 0 Å². The van der Waals surface area contributed by atoms with E-state index in [1.54, 1.807) is 5.56 Å². The molecule has 122 valence electrons. The van der Waals surface area contributed by atoms with Gasteiger partial charge in [-0.15, -0.1) is 0 Å². The van der Waals surface area contributed by atoms with Crippen LogP contribution in [0.4, 0.5) is 0 Å². The lowest BCUT2D eigenvalue weighted by atomic mass is 9.72. The van der Waals surface area contributed by atoms with Crippen molar-refractivity contribution in [3.8, 4) is 0 Å². The van der Waals surface area contributed by atoms with Gasteiger partial charge in [-0.25, -0.2) is 0 Å². The first kappa shape index (κ1) is 15.0. The zero-order valence-corrected chi connectivity index (χ0v) is 14.5. The van der Waals surface area contributed by atoms with Gasteiger partial charge in [-0.1, -0.05) is 35.9 Å². The van der Waals surface area contributed by atoms with Crippen LogP contribution < -0.4 is 0 Å². The van der Waals surface area contributed by atoms with Crippen molar-refractivity contribution in [1.82, 2.24) is 0 Å². The van der Waals surface area contributed by atoms with E-state index in [0.717, 1.165) is 0 Å². The van der Waals surface area contributed by atoms with E-state index in [1.165, 1.54) is 17.6 Å². The highest BCUT2D eigenvalue weighted by molar-refractivity contribution is 5.71. The summed E-state index contributed by atoms with van der Waals surface area (Å²) in [5.41, 5.74) is 4.20. The number of carbonyl (C=O) groups excluding carboxylic acids is 1. The van der Waals surface area contributed by atoms with Crippen molar-refractivity contribution >= 4 is 5.97 Å². The molecule has 0 radical (unpaired) electrons. The number of fused-ring (bicyclic) bond motifs is 8. The van der Waals surface area contributed by atoms with Crippen LogP contribution in [0.2, 0.25) is 0 Å². The maximum Gasteiger partial charge on any atom is 0.306 e. The minimum Gasteiger partial charge on any atom is -0.460 e. The average molecular weight is 310 g/mol. The predicted octanol–water partition coefficient (Wildman–Crippen LogP) is 4.81. The fourth-order valence-electron chi connectivity index (χ4n) is 5.45. The van der Waals surface area contributed by atoms with E-state index >= 15 is 0 Å². The third kappa shape index (κ3) is 2.34. The molecule has 23 heavy (non-hydrogen) atoms. The van der Waals surface area contributed by atoms with Crippen molar-refractivity contribution in [3.63, 3.8) is 0 Å². The summed E-state index contributed by atoms with van der Waals surface area (Å²) in [5.74, 6) is 2.83. The van der Waals surface area contributed by atoms with Gasteiger partial charge in [0.05, 0.1) is 6.42 Å². The highest BCUT2D eigenvalue weighted by Gasteiger charge is 2.55. The lowest BCUT2D eigenvalue weighted by Gasteiger charge is -2.32. The SMILES string of the molecule is CC1=C[C@@H](CC(=O)OC(C)(C)C)[C@H]2[C@@H]1[C@H]1C[C@@H]2c2ccccc21. The minimum absolute atomic E-state index is 0.0525. The number of carbonyl (C=O) groups is 1. The second kappa shape index (κ2) is 4.96. The van der Waals surface area contributed by atoms with E-state index in [1.807, 2.05) is 20.8 Å². The molecule has 5 atom stereocenters. The fourth-order valence-corrected chi connectivity index (χ4v) is 5.45. The van der Waals surface area contributed by atoms with Gasteiger partial charge in [0, 0.05) is 0 Å². The smallest absolute Gasteiger partial charge is 0.306 e. The molecular weight excluding hydrogens is 284 g/mol. The van der Waals surface area contributed by atoms with Gasteiger partial charge in [-0.2, -0.15) is 0 Å². The van der Waals surface area contributed by atoms with Crippen LogP contribution in [0, 0.1) is 17.8 Å². The summed E-state index contributed by atoms with van der Waals surface area (Å²) in [6.07, 6.45) is 4.16. The molecule has 2 bridgehead atoms. The minimum atomic E-state index is -0.394. The molecule has 0 unspecified atom stereocenters. The predicted molar refractivity (Wildman–Crippen MR) is 91.2 cm³/mol. The van der Waals surface area contributed by atoms with Gasteiger partial charge in [-0.05, 0) is 74.8 Å². The quantitative estimate of drug-likeness (QED) is 0.579. The Balaban J connectivity index is 1.58. The molecule has 3 aliphatic carbocycles.